The second-order valence-electron chi connectivity index (χ2n) is 6.39. The zero-order chi connectivity index (χ0) is 16.3. The van der Waals surface area contributed by atoms with Crippen molar-refractivity contribution in [2.45, 2.75) is 20.4 Å². The van der Waals surface area contributed by atoms with Crippen LogP contribution in [0, 0.1) is 17.0 Å². The van der Waals surface area contributed by atoms with Gasteiger partial charge in [-0.1, -0.05) is 13.8 Å². The van der Waals surface area contributed by atoms with Gasteiger partial charge in [-0.05, 0) is 37.2 Å². The third-order valence-corrected chi connectivity index (χ3v) is 3.48. The van der Waals surface area contributed by atoms with Crippen LogP contribution in [0.15, 0.2) is 30.5 Å². The summed E-state index contributed by atoms with van der Waals surface area (Å²) < 4.78 is 28.1. The maximum absolute atomic E-state index is 13.8. The van der Waals surface area contributed by atoms with E-state index in [1.54, 1.807) is 6.20 Å². The number of aromatic nitrogens is 2. The fraction of sp³-hybridized carbons (Fsp3) is 0.438. The molecule has 0 bridgehead atoms. The Kier molecular flexibility index (Phi) is 6.68. The van der Waals surface area contributed by atoms with Crippen LogP contribution in [-0.4, -0.2) is 34.8 Å². The third-order valence-electron chi connectivity index (χ3n) is 3.48. The minimum absolute atomic E-state index is 0. The topological polar surface area (TPSA) is 47.1 Å². The Morgan fingerprint density at radius 1 is 1.26 bits per heavy atom. The quantitative estimate of drug-likeness (QED) is 0.876. The summed E-state index contributed by atoms with van der Waals surface area (Å²) in [6.07, 6.45) is 1.67. The molecule has 0 amide bonds. The normalized spacial score (nSPS) is 11.6. The number of nitrogens with zero attached hydrogens (tertiary/aromatic N) is 3. The lowest BCUT2D eigenvalue weighted by molar-refractivity contribution is 0.208. The van der Waals surface area contributed by atoms with Gasteiger partial charge < -0.3 is 5.73 Å². The highest BCUT2D eigenvalue weighted by Crippen LogP contribution is 2.17. The summed E-state index contributed by atoms with van der Waals surface area (Å²) in [7, 11) is 1.99. The van der Waals surface area contributed by atoms with Crippen LogP contribution in [0.4, 0.5) is 8.78 Å². The summed E-state index contributed by atoms with van der Waals surface area (Å²) in [5.41, 5.74) is 6.82. The Hall–Kier alpha value is -1.50. The van der Waals surface area contributed by atoms with Crippen molar-refractivity contribution in [3.05, 3.63) is 47.8 Å². The van der Waals surface area contributed by atoms with E-state index in [0.717, 1.165) is 18.3 Å². The molecule has 0 atom stereocenters. The Morgan fingerprint density at radius 3 is 2.57 bits per heavy atom. The zero-order valence-electron chi connectivity index (χ0n) is 13.6. The van der Waals surface area contributed by atoms with Crippen molar-refractivity contribution in [1.82, 2.24) is 14.7 Å². The molecule has 4 nitrogen and oxygen atoms in total. The number of rotatable bonds is 6. The summed E-state index contributed by atoms with van der Waals surface area (Å²) in [6, 6.07) is 5.28. The summed E-state index contributed by atoms with van der Waals surface area (Å²) in [6.45, 7) is 6.29. The molecule has 2 N–H and O–H groups in total. The van der Waals surface area contributed by atoms with E-state index >= 15 is 0 Å². The van der Waals surface area contributed by atoms with Gasteiger partial charge in [0.25, 0.3) is 0 Å². The van der Waals surface area contributed by atoms with Gasteiger partial charge in [-0.3, -0.25) is 4.90 Å². The summed E-state index contributed by atoms with van der Waals surface area (Å²) in [5, 5.41) is 4.35. The number of hydrogen-bond acceptors (Lipinski definition) is 3. The van der Waals surface area contributed by atoms with Crippen molar-refractivity contribution in [1.29, 1.82) is 0 Å². The first-order valence-electron chi connectivity index (χ1n) is 7.19. The van der Waals surface area contributed by atoms with Crippen LogP contribution in [0.3, 0.4) is 0 Å². The van der Waals surface area contributed by atoms with E-state index in [0.29, 0.717) is 13.1 Å². The lowest BCUT2D eigenvalue weighted by Crippen LogP contribution is -2.36. The molecule has 0 saturated carbocycles. The summed E-state index contributed by atoms with van der Waals surface area (Å²) in [4.78, 5) is 2.13. The molecule has 1 aromatic carbocycles. The molecular formula is C16H23ClF2N4. The molecule has 0 aliphatic heterocycles. The van der Waals surface area contributed by atoms with E-state index in [1.165, 1.54) is 16.8 Å². The largest absolute Gasteiger partial charge is 0.330 e. The first-order valence-corrected chi connectivity index (χ1v) is 7.19. The van der Waals surface area contributed by atoms with Crippen LogP contribution in [0.5, 0.6) is 0 Å². The molecule has 2 aromatic rings. The Labute approximate surface area is 141 Å². The first-order chi connectivity index (χ1) is 10.3. The van der Waals surface area contributed by atoms with Gasteiger partial charge in [-0.2, -0.15) is 5.10 Å². The molecule has 0 fully saturated rings. The second kappa shape index (κ2) is 7.86. The Bertz CT molecular complexity index is 643. The molecule has 0 aliphatic rings. The van der Waals surface area contributed by atoms with Gasteiger partial charge in [0.05, 0.1) is 5.69 Å². The predicted molar refractivity (Wildman–Crippen MR) is 89.9 cm³/mol. The number of benzene rings is 1. The summed E-state index contributed by atoms with van der Waals surface area (Å²) >= 11 is 0. The maximum atomic E-state index is 13.8. The Balaban J connectivity index is 0.00000264. The highest BCUT2D eigenvalue weighted by Gasteiger charge is 2.18. The van der Waals surface area contributed by atoms with Crippen LogP contribution < -0.4 is 5.73 Å². The molecule has 2 rings (SSSR count). The molecule has 0 unspecified atom stereocenters. The molecular weight excluding hydrogens is 322 g/mol. The van der Waals surface area contributed by atoms with Crippen molar-refractivity contribution in [2.24, 2.45) is 11.1 Å². The van der Waals surface area contributed by atoms with Crippen molar-refractivity contribution < 1.29 is 8.78 Å². The van der Waals surface area contributed by atoms with E-state index in [1.807, 2.05) is 13.1 Å². The number of halogens is 3. The number of hydrogen-bond donors (Lipinski definition) is 1. The first kappa shape index (κ1) is 19.5. The zero-order valence-corrected chi connectivity index (χ0v) is 14.4. The average molecular weight is 345 g/mol. The van der Waals surface area contributed by atoms with E-state index < -0.39 is 11.6 Å². The molecule has 1 heterocycles. The maximum Gasteiger partial charge on any atom is 0.151 e. The molecule has 0 aliphatic carbocycles. The number of nitrogens with two attached hydrogens (primary N) is 1. The van der Waals surface area contributed by atoms with Gasteiger partial charge in [0.15, 0.2) is 5.82 Å². The van der Waals surface area contributed by atoms with Gasteiger partial charge in [0, 0.05) is 25.4 Å². The minimum Gasteiger partial charge on any atom is -0.330 e. The minimum atomic E-state index is -0.632. The van der Waals surface area contributed by atoms with Crippen LogP contribution in [-0.2, 0) is 6.54 Å². The molecule has 0 radical (unpaired) electrons. The SMILES string of the molecule is CN(Cc1ccn(-c2ccc(F)cc2F)n1)CC(C)(C)CN.Cl. The van der Waals surface area contributed by atoms with Crippen LogP contribution >= 0.6 is 12.4 Å². The molecule has 0 saturated heterocycles. The van der Waals surface area contributed by atoms with Crippen LogP contribution in [0.2, 0.25) is 0 Å². The van der Waals surface area contributed by atoms with Gasteiger partial charge in [-0.15, -0.1) is 12.4 Å². The van der Waals surface area contributed by atoms with E-state index in [2.05, 4.69) is 23.8 Å². The fourth-order valence-electron chi connectivity index (χ4n) is 2.37. The molecule has 1 aromatic heterocycles. The second-order valence-corrected chi connectivity index (χ2v) is 6.39. The Morgan fingerprint density at radius 2 is 1.96 bits per heavy atom. The van der Waals surface area contributed by atoms with Crippen molar-refractivity contribution in [3.63, 3.8) is 0 Å². The van der Waals surface area contributed by atoms with Crippen molar-refractivity contribution in [3.8, 4) is 5.69 Å². The van der Waals surface area contributed by atoms with E-state index in [-0.39, 0.29) is 23.5 Å². The van der Waals surface area contributed by atoms with Crippen LogP contribution in [0.25, 0.3) is 5.69 Å². The monoisotopic (exact) mass is 344 g/mol. The van der Waals surface area contributed by atoms with Gasteiger partial charge in [-0.25, -0.2) is 13.5 Å². The highest BCUT2D eigenvalue weighted by atomic mass is 35.5. The molecule has 7 heteroatoms. The smallest absolute Gasteiger partial charge is 0.151 e. The van der Waals surface area contributed by atoms with Crippen molar-refractivity contribution >= 4 is 12.4 Å². The van der Waals surface area contributed by atoms with Gasteiger partial charge in [0.2, 0.25) is 0 Å². The molecule has 23 heavy (non-hydrogen) atoms. The van der Waals surface area contributed by atoms with Gasteiger partial charge in [0.1, 0.15) is 11.5 Å². The molecule has 0 spiro atoms. The van der Waals surface area contributed by atoms with Crippen LogP contribution in [0.1, 0.15) is 19.5 Å². The molecule has 128 valence electrons. The van der Waals surface area contributed by atoms with Gasteiger partial charge >= 0.3 is 0 Å². The van der Waals surface area contributed by atoms with Crippen molar-refractivity contribution in [2.75, 3.05) is 20.1 Å². The third kappa shape index (κ3) is 5.27. The van der Waals surface area contributed by atoms with E-state index in [9.17, 15) is 8.78 Å². The van der Waals surface area contributed by atoms with E-state index in [4.69, 9.17) is 5.73 Å². The lowest BCUT2D eigenvalue weighted by Gasteiger charge is -2.28. The predicted octanol–water partition coefficient (Wildman–Crippen LogP) is 2.99. The highest BCUT2D eigenvalue weighted by molar-refractivity contribution is 5.85. The fourth-order valence-corrected chi connectivity index (χ4v) is 2.37. The average Bonchev–Trinajstić information content (AvgIpc) is 2.86. The lowest BCUT2D eigenvalue weighted by atomic mass is 9.93. The summed E-state index contributed by atoms with van der Waals surface area (Å²) in [5.74, 6) is -1.23. The standard InChI is InChI=1S/C16H22F2N4.ClH/c1-16(2,10-19)11-21(3)9-13-6-7-22(20-13)15-5-4-12(17)8-14(15)18;/h4-8H,9-11,19H2,1-3H3;1H.